The molecule has 0 aliphatic heterocycles. The van der Waals surface area contributed by atoms with E-state index in [0.29, 0.717) is 22.8 Å². The number of ether oxygens (including phenoxy) is 2. The molecule has 0 saturated carbocycles. The SMILES string of the molecule is COc1ccc(C(Cl)(Cl)c2ccc(Oc3ccc(S(=O)(=O)c4ccc(C)cc4)cc3)cc2)cc1. The molecule has 174 valence electrons. The molecule has 0 saturated heterocycles. The Hall–Kier alpha value is -2.99. The van der Waals surface area contributed by atoms with Crippen LogP contribution in [0.15, 0.2) is 107 Å². The molecular formula is C27H22Cl2O4S. The van der Waals surface area contributed by atoms with Gasteiger partial charge in [0.2, 0.25) is 9.84 Å². The molecule has 0 aliphatic carbocycles. The van der Waals surface area contributed by atoms with Gasteiger partial charge in [0.1, 0.15) is 17.2 Å². The van der Waals surface area contributed by atoms with E-state index < -0.39 is 14.2 Å². The Labute approximate surface area is 209 Å². The molecule has 0 bridgehead atoms. The third kappa shape index (κ3) is 5.07. The number of rotatable bonds is 7. The molecule has 4 aromatic rings. The van der Waals surface area contributed by atoms with Crippen LogP contribution in [-0.4, -0.2) is 15.5 Å². The zero-order valence-corrected chi connectivity index (χ0v) is 20.9. The summed E-state index contributed by atoms with van der Waals surface area (Å²) in [4.78, 5) is 0.456. The third-order valence-electron chi connectivity index (χ3n) is 5.37. The molecule has 0 aliphatic rings. The fraction of sp³-hybridized carbons (Fsp3) is 0.111. The second-order valence-corrected chi connectivity index (χ2v) is 11.0. The van der Waals surface area contributed by atoms with Crippen molar-refractivity contribution in [3.63, 3.8) is 0 Å². The highest BCUT2D eigenvalue weighted by Crippen LogP contribution is 2.42. The number of benzene rings is 4. The van der Waals surface area contributed by atoms with Crippen LogP contribution in [0.3, 0.4) is 0 Å². The molecule has 0 unspecified atom stereocenters. The fourth-order valence-electron chi connectivity index (χ4n) is 3.38. The minimum absolute atomic E-state index is 0.201. The van der Waals surface area contributed by atoms with Gasteiger partial charge in [0.15, 0.2) is 4.33 Å². The first-order valence-electron chi connectivity index (χ1n) is 10.4. The summed E-state index contributed by atoms with van der Waals surface area (Å²) in [6.45, 7) is 1.91. The number of aryl methyl sites for hydroxylation is 1. The van der Waals surface area contributed by atoms with Crippen LogP contribution in [0.1, 0.15) is 16.7 Å². The van der Waals surface area contributed by atoms with E-state index in [9.17, 15) is 8.42 Å². The van der Waals surface area contributed by atoms with Gasteiger partial charge in [0.25, 0.3) is 0 Å². The zero-order valence-electron chi connectivity index (χ0n) is 18.5. The molecule has 0 aromatic heterocycles. The highest BCUT2D eigenvalue weighted by molar-refractivity contribution is 7.91. The van der Waals surface area contributed by atoms with E-state index in [1.807, 2.05) is 19.1 Å². The van der Waals surface area contributed by atoms with Crippen molar-refractivity contribution in [2.75, 3.05) is 7.11 Å². The van der Waals surface area contributed by atoms with Crippen molar-refractivity contribution >= 4 is 33.0 Å². The van der Waals surface area contributed by atoms with Gasteiger partial charge in [-0.1, -0.05) is 65.2 Å². The van der Waals surface area contributed by atoms with Gasteiger partial charge in [-0.2, -0.15) is 0 Å². The average molecular weight is 513 g/mol. The number of hydrogen-bond donors (Lipinski definition) is 0. The zero-order chi connectivity index (χ0) is 24.3. The van der Waals surface area contributed by atoms with Crippen molar-refractivity contribution < 1.29 is 17.9 Å². The van der Waals surface area contributed by atoms with Crippen molar-refractivity contribution in [2.24, 2.45) is 0 Å². The monoisotopic (exact) mass is 512 g/mol. The highest BCUT2D eigenvalue weighted by Gasteiger charge is 2.29. The Morgan fingerprint density at radius 2 is 1.00 bits per heavy atom. The lowest BCUT2D eigenvalue weighted by Crippen LogP contribution is -2.12. The van der Waals surface area contributed by atoms with Crippen molar-refractivity contribution in [1.82, 2.24) is 0 Å². The molecule has 0 atom stereocenters. The summed E-state index contributed by atoms with van der Waals surface area (Å²) in [7, 11) is -1.99. The van der Waals surface area contributed by atoms with Gasteiger partial charge in [0.05, 0.1) is 16.9 Å². The standard InChI is InChI=1S/C27H22Cl2O4S/c1-19-3-15-25(16-4-19)34(30,31)26-17-13-24(14-18-26)33-23-11-7-21(8-12-23)27(28,29)20-5-9-22(32-2)10-6-20/h3-18H,1-2H3. The van der Waals surface area contributed by atoms with E-state index in [4.69, 9.17) is 32.7 Å². The number of halogens is 2. The predicted molar refractivity (Wildman–Crippen MR) is 135 cm³/mol. The lowest BCUT2D eigenvalue weighted by molar-refractivity contribution is 0.414. The topological polar surface area (TPSA) is 52.6 Å². The summed E-state index contributed by atoms with van der Waals surface area (Å²) in [5, 5.41) is 0. The summed E-state index contributed by atoms with van der Waals surface area (Å²) in [5.41, 5.74) is 2.40. The number of methoxy groups -OCH3 is 1. The molecular weight excluding hydrogens is 491 g/mol. The first-order chi connectivity index (χ1) is 16.2. The maximum atomic E-state index is 12.8. The van der Waals surface area contributed by atoms with E-state index in [2.05, 4.69) is 0 Å². The molecule has 4 rings (SSSR count). The van der Waals surface area contributed by atoms with E-state index in [1.165, 1.54) is 12.1 Å². The second-order valence-electron chi connectivity index (χ2n) is 7.72. The molecule has 0 spiro atoms. The molecule has 4 nitrogen and oxygen atoms in total. The third-order valence-corrected chi connectivity index (χ3v) is 8.03. The molecule has 7 heteroatoms. The van der Waals surface area contributed by atoms with Crippen LogP contribution >= 0.6 is 23.2 Å². The van der Waals surface area contributed by atoms with Crippen LogP contribution in [0.2, 0.25) is 0 Å². The smallest absolute Gasteiger partial charge is 0.206 e. The normalized spacial score (nSPS) is 11.8. The van der Waals surface area contributed by atoms with Crippen LogP contribution in [0.5, 0.6) is 17.2 Å². The second kappa shape index (κ2) is 9.71. The minimum Gasteiger partial charge on any atom is -0.497 e. The minimum atomic E-state index is -3.59. The number of sulfone groups is 1. The lowest BCUT2D eigenvalue weighted by Gasteiger charge is -2.21. The van der Waals surface area contributed by atoms with Crippen molar-refractivity contribution in [3.8, 4) is 17.2 Å². The quantitative estimate of drug-likeness (QED) is 0.243. The van der Waals surface area contributed by atoms with Crippen molar-refractivity contribution in [2.45, 2.75) is 21.0 Å². The van der Waals surface area contributed by atoms with Crippen LogP contribution in [0.25, 0.3) is 0 Å². The molecule has 0 N–H and O–H groups in total. The van der Waals surface area contributed by atoms with Crippen molar-refractivity contribution in [1.29, 1.82) is 0 Å². The first kappa shape index (κ1) is 24.1. The summed E-state index contributed by atoms with van der Waals surface area (Å²) in [5.74, 6) is 1.79. The Morgan fingerprint density at radius 1 is 0.618 bits per heavy atom. The van der Waals surface area contributed by atoms with Crippen LogP contribution in [0.4, 0.5) is 0 Å². The lowest BCUT2D eigenvalue weighted by atomic mass is 10.0. The highest BCUT2D eigenvalue weighted by atomic mass is 35.5. The van der Waals surface area contributed by atoms with Crippen LogP contribution < -0.4 is 9.47 Å². The number of hydrogen-bond acceptors (Lipinski definition) is 4. The number of alkyl halides is 2. The van der Waals surface area contributed by atoms with Gasteiger partial charge in [-0.25, -0.2) is 8.42 Å². The van der Waals surface area contributed by atoms with Gasteiger partial charge < -0.3 is 9.47 Å². The van der Waals surface area contributed by atoms with Gasteiger partial charge in [-0.3, -0.25) is 0 Å². The molecule has 0 radical (unpaired) electrons. The van der Waals surface area contributed by atoms with Gasteiger partial charge in [-0.15, -0.1) is 0 Å². The van der Waals surface area contributed by atoms with E-state index in [1.54, 1.807) is 79.9 Å². The summed E-state index contributed by atoms with van der Waals surface area (Å²) < 4.78 is 35.5. The molecule has 0 heterocycles. The predicted octanol–water partition coefficient (Wildman–Crippen LogP) is 7.31. The van der Waals surface area contributed by atoms with Gasteiger partial charge in [-0.05, 0) is 78.7 Å². The van der Waals surface area contributed by atoms with E-state index in [0.717, 1.165) is 11.1 Å². The molecule has 34 heavy (non-hydrogen) atoms. The van der Waals surface area contributed by atoms with E-state index >= 15 is 0 Å². The largest absolute Gasteiger partial charge is 0.497 e. The van der Waals surface area contributed by atoms with Crippen LogP contribution in [-0.2, 0) is 14.2 Å². The fourth-order valence-corrected chi connectivity index (χ4v) is 5.14. The molecule has 0 fully saturated rings. The Bertz CT molecular complexity index is 1360. The molecule has 0 amide bonds. The Kier molecular flexibility index (Phi) is 6.89. The first-order valence-corrected chi connectivity index (χ1v) is 12.7. The van der Waals surface area contributed by atoms with E-state index in [-0.39, 0.29) is 9.79 Å². The van der Waals surface area contributed by atoms with Gasteiger partial charge >= 0.3 is 0 Å². The van der Waals surface area contributed by atoms with Gasteiger partial charge in [0, 0.05) is 0 Å². The summed E-state index contributed by atoms with van der Waals surface area (Å²) in [6.07, 6.45) is 0. The summed E-state index contributed by atoms with van der Waals surface area (Å²) in [6, 6.07) is 27.4. The maximum Gasteiger partial charge on any atom is 0.206 e. The summed E-state index contributed by atoms with van der Waals surface area (Å²) >= 11 is 13.3. The van der Waals surface area contributed by atoms with Crippen LogP contribution in [0, 0.1) is 6.92 Å². The Morgan fingerprint density at radius 3 is 1.44 bits per heavy atom. The average Bonchev–Trinajstić information content (AvgIpc) is 2.85. The van der Waals surface area contributed by atoms with Crippen molar-refractivity contribution in [3.05, 3.63) is 114 Å². The maximum absolute atomic E-state index is 12.8. The Balaban J connectivity index is 1.48. The molecule has 4 aromatic carbocycles.